The van der Waals surface area contributed by atoms with Crippen LogP contribution in [-0.4, -0.2) is 11.2 Å². The first kappa shape index (κ1) is 9.78. The number of hydrogen-bond acceptors (Lipinski definition) is 1. The molecule has 2 N–H and O–H groups in total. The predicted molar refractivity (Wildman–Crippen MR) is 45.3 cm³/mol. The molecule has 11 heavy (non-hydrogen) atoms. The third-order valence-electron chi connectivity index (χ3n) is 1.03. The molecular formula is C7H8ClNO2. The molecule has 0 atom stereocenters. The molecule has 1 aromatic carbocycles. The molecule has 0 aromatic heterocycles. The Bertz CT molecular complexity index is 225. The Hall–Kier alpha value is -1.22. The molecule has 0 fully saturated rings. The number of halogens is 1. The average Bonchev–Trinajstić information content (AvgIpc) is 1.88. The quantitative estimate of drug-likeness (QED) is 0.684. The van der Waals surface area contributed by atoms with Crippen molar-refractivity contribution in [2.24, 2.45) is 0 Å². The Morgan fingerprint density at radius 1 is 1.27 bits per heavy atom. The first-order valence-corrected chi connectivity index (χ1v) is 2.84. The van der Waals surface area contributed by atoms with Gasteiger partial charge in [0.25, 0.3) is 0 Å². The number of amides is 1. The summed E-state index contributed by atoms with van der Waals surface area (Å²) in [7, 11) is 0. The van der Waals surface area contributed by atoms with Crippen LogP contribution in [0.2, 0.25) is 0 Å². The van der Waals surface area contributed by atoms with E-state index >= 15 is 0 Å². The van der Waals surface area contributed by atoms with E-state index in [1.165, 1.54) is 0 Å². The molecular weight excluding hydrogens is 166 g/mol. The Kier molecular flexibility index (Phi) is 4.07. The average molecular weight is 174 g/mol. The highest BCUT2D eigenvalue weighted by Gasteiger charge is 1.92. The predicted octanol–water partition coefficient (Wildman–Crippen LogP) is 2.20. The maximum atomic E-state index is 10.1. The van der Waals surface area contributed by atoms with Crippen LogP contribution in [0.4, 0.5) is 10.5 Å². The van der Waals surface area contributed by atoms with Crippen LogP contribution in [0.25, 0.3) is 0 Å². The summed E-state index contributed by atoms with van der Waals surface area (Å²) in [4.78, 5) is 10.1. The second-order valence-electron chi connectivity index (χ2n) is 1.80. The maximum absolute atomic E-state index is 10.1. The molecule has 0 bridgehead atoms. The van der Waals surface area contributed by atoms with Gasteiger partial charge in [-0.05, 0) is 12.1 Å². The first-order valence-electron chi connectivity index (χ1n) is 2.84. The number of nitrogens with one attached hydrogen (secondary N) is 1. The number of carboxylic acid groups (broad SMARTS) is 1. The summed E-state index contributed by atoms with van der Waals surface area (Å²) >= 11 is 0. The second kappa shape index (κ2) is 4.57. The van der Waals surface area contributed by atoms with E-state index < -0.39 is 6.09 Å². The van der Waals surface area contributed by atoms with Gasteiger partial charge in [0, 0.05) is 5.69 Å². The molecule has 0 saturated carbocycles. The van der Waals surface area contributed by atoms with E-state index in [4.69, 9.17) is 5.11 Å². The molecule has 3 nitrogen and oxygen atoms in total. The van der Waals surface area contributed by atoms with Gasteiger partial charge in [-0.3, -0.25) is 5.32 Å². The summed E-state index contributed by atoms with van der Waals surface area (Å²) < 4.78 is 0. The van der Waals surface area contributed by atoms with Crippen molar-refractivity contribution in [1.29, 1.82) is 0 Å². The van der Waals surface area contributed by atoms with Crippen molar-refractivity contribution in [1.82, 2.24) is 0 Å². The molecule has 0 unspecified atom stereocenters. The van der Waals surface area contributed by atoms with E-state index in [0.29, 0.717) is 5.69 Å². The Labute approximate surface area is 70.5 Å². The van der Waals surface area contributed by atoms with Gasteiger partial charge >= 0.3 is 6.09 Å². The van der Waals surface area contributed by atoms with Crippen LogP contribution in [0, 0.1) is 0 Å². The standard InChI is InChI=1S/C7H7NO2.ClH/c9-7(10)8-6-4-2-1-3-5-6;/h1-5,8H,(H,9,10);1H. The van der Waals surface area contributed by atoms with Gasteiger partial charge in [0.1, 0.15) is 0 Å². The number of hydrogen-bond donors (Lipinski definition) is 2. The third-order valence-corrected chi connectivity index (χ3v) is 1.03. The Morgan fingerprint density at radius 2 is 1.82 bits per heavy atom. The van der Waals surface area contributed by atoms with Gasteiger partial charge in [0.05, 0.1) is 0 Å². The molecule has 0 aliphatic rings. The van der Waals surface area contributed by atoms with Crippen LogP contribution in [0.1, 0.15) is 0 Å². The van der Waals surface area contributed by atoms with Gasteiger partial charge in [-0.25, -0.2) is 4.79 Å². The van der Waals surface area contributed by atoms with E-state index in [9.17, 15) is 4.79 Å². The van der Waals surface area contributed by atoms with Crippen LogP contribution < -0.4 is 5.32 Å². The van der Waals surface area contributed by atoms with Crippen molar-refractivity contribution < 1.29 is 9.90 Å². The Balaban J connectivity index is 0.000001000. The van der Waals surface area contributed by atoms with Gasteiger partial charge < -0.3 is 5.11 Å². The molecule has 4 heteroatoms. The van der Waals surface area contributed by atoms with Crippen LogP contribution in [0.3, 0.4) is 0 Å². The highest BCUT2D eigenvalue weighted by molar-refractivity contribution is 5.85. The zero-order valence-electron chi connectivity index (χ0n) is 5.65. The van der Waals surface area contributed by atoms with Gasteiger partial charge in [0.15, 0.2) is 0 Å². The molecule has 1 amide bonds. The number of rotatable bonds is 1. The highest BCUT2D eigenvalue weighted by Crippen LogP contribution is 2.03. The second-order valence-corrected chi connectivity index (χ2v) is 1.80. The van der Waals surface area contributed by atoms with Crippen molar-refractivity contribution in [3.8, 4) is 0 Å². The Morgan fingerprint density at radius 3 is 2.27 bits per heavy atom. The van der Waals surface area contributed by atoms with Crippen LogP contribution in [0.5, 0.6) is 0 Å². The molecule has 0 spiro atoms. The van der Waals surface area contributed by atoms with Crippen molar-refractivity contribution in [2.45, 2.75) is 0 Å². The van der Waals surface area contributed by atoms with Crippen molar-refractivity contribution >= 4 is 24.2 Å². The van der Waals surface area contributed by atoms with E-state index in [1.54, 1.807) is 24.3 Å². The lowest BCUT2D eigenvalue weighted by molar-refractivity contribution is 0.210. The topological polar surface area (TPSA) is 49.3 Å². The maximum Gasteiger partial charge on any atom is 0.409 e. The monoisotopic (exact) mass is 173 g/mol. The summed E-state index contributed by atoms with van der Waals surface area (Å²) in [6.45, 7) is 0. The third kappa shape index (κ3) is 3.47. The lowest BCUT2D eigenvalue weighted by Gasteiger charge is -1.96. The molecule has 0 aliphatic carbocycles. The van der Waals surface area contributed by atoms with E-state index in [0.717, 1.165) is 0 Å². The fourth-order valence-electron chi connectivity index (χ4n) is 0.645. The summed E-state index contributed by atoms with van der Waals surface area (Å²) in [6, 6.07) is 8.74. The highest BCUT2D eigenvalue weighted by atomic mass is 35.5. The number of carbonyl (C=O) groups is 1. The van der Waals surface area contributed by atoms with Gasteiger partial charge in [-0.2, -0.15) is 0 Å². The van der Waals surface area contributed by atoms with Crippen LogP contribution >= 0.6 is 12.4 Å². The fraction of sp³-hybridized carbons (Fsp3) is 0. The normalized spacial score (nSPS) is 8.00. The van der Waals surface area contributed by atoms with E-state index in [2.05, 4.69) is 5.32 Å². The minimum Gasteiger partial charge on any atom is -0.465 e. The van der Waals surface area contributed by atoms with E-state index in [1.807, 2.05) is 6.07 Å². The van der Waals surface area contributed by atoms with Gasteiger partial charge in [0.2, 0.25) is 0 Å². The molecule has 0 heterocycles. The summed E-state index contributed by atoms with van der Waals surface area (Å²) in [5.74, 6) is 0. The molecule has 1 aromatic rings. The first-order chi connectivity index (χ1) is 4.79. The van der Waals surface area contributed by atoms with Crippen molar-refractivity contribution in [2.75, 3.05) is 5.32 Å². The lowest BCUT2D eigenvalue weighted by atomic mass is 10.3. The largest absolute Gasteiger partial charge is 0.465 e. The van der Waals surface area contributed by atoms with Crippen LogP contribution in [0.15, 0.2) is 30.3 Å². The summed E-state index contributed by atoms with van der Waals surface area (Å²) in [5, 5.41) is 10.5. The minimum absolute atomic E-state index is 0. The smallest absolute Gasteiger partial charge is 0.409 e. The van der Waals surface area contributed by atoms with Crippen molar-refractivity contribution in [3.05, 3.63) is 30.3 Å². The summed E-state index contributed by atoms with van der Waals surface area (Å²) in [5.41, 5.74) is 0.593. The van der Waals surface area contributed by atoms with Gasteiger partial charge in [-0.1, -0.05) is 18.2 Å². The number of benzene rings is 1. The van der Waals surface area contributed by atoms with E-state index in [-0.39, 0.29) is 12.4 Å². The molecule has 0 radical (unpaired) electrons. The molecule has 60 valence electrons. The SMILES string of the molecule is Cl.O=C(O)Nc1ccccc1. The minimum atomic E-state index is -1.04. The fourth-order valence-corrected chi connectivity index (χ4v) is 0.645. The number of para-hydroxylation sites is 1. The van der Waals surface area contributed by atoms with Gasteiger partial charge in [-0.15, -0.1) is 12.4 Å². The number of anilines is 1. The lowest BCUT2D eigenvalue weighted by Crippen LogP contribution is -2.06. The zero-order chi connectivity index (χ0) is 7.40. The van der Waals surface area contributed by atoms with Crippen LogP contribution in [-0.2, 0) is 0 Å². The molecule has 0 saturated heterocycles. The molecule has 1 rings (SSSR count). The summed E-state index contributed by atoms with van der Waals surface area (Å²) in [6.07, 6.45) is -1.04. The van der Waals surface area contributed by atoms with Crippen molar-refractivity contribution in [3.63, 3.8) is 0 Å². The zero-order valence-corrected chi connectivity index (χ0v) is 6.47. The molecule has 0 aliphatic heterocycles.